The molecule has 0 saturated carbocycles. The molecule has 0 radical (unpaired) electrons. The van der Waals surface area contributed by atoms with E-state index in [0.29, 0.717) is 22.6 Å². The Morgan fingerprint density at radius 1 is 0.557 bits per heavy atom. The number of halogens is 2. The summed E-state index contributed by atoms with van der Waals surface area (Å²) in [6.07, 6.45) is 1.83. The normalized spacial score (nSPS) is 13.4. The minimum absolute atomic E-state index is 0. The molecule has 350 valence electrons. The van der Waals surface area contributed by atoms with Gasteiger partial charge in [-0.3, -0.25) is 0 Å². The van der Waals surface area contributed by atoms with E-state index >= 15 is 0 Å². The molecule has 3 heterocycles. The number of aromatic nitrogens is 2. The first-order valence-electron chi connectivity index (χ1n) is 24.9. The van der Waals surface area contributed by atoms with E-state index in [1.165, 1.54) is 24.3 Å². The molecule has 8 heteroatoms. The molecule has 0 unspecified atom stereocenters. The van der Waals surface area contributed by atoms with Gasteiger partial charge in [0.05, 0.1) is 5.48 Å². The van der Waals surface area contributed by atoms with Gasteiger partial charge in [0.25, 0.3) is 0 Å². The van der Waals surface area contributed by atoms with Crippen LogP contribution in [-0.2, 0) is 31.9 Å². The number of nitrogens with zero attached hydrogens (tertiary/aromatic N) is 4. The van der Waals surface area contributed by atoms with E-state index in [9.17, 15) is 14.3 Å². The van der Waals surface area contributed by atoms with Gasteiger partial charge < -0.3 is 19.1 Å². The van der Waals surface area contributed by atoms with E-state index in [1.807, 2.05) is 116 Å². The average Bonchev–Trinajstić information content (AvgIpc) is 3.91. The second-order valence-corrected chi connectivity index (χ2v) is 19.4. The average molecular weight is 1100 g/mol. The van der Waals surface area contributed by atoms with Crippen molar-refractivity contribution in [3.63, 3.8) is 0 Å². The van der Waals surface area contributed by atoms with Crippen molar-refractivity contribution in [1.29, 1.82) is 0 Å². The molecular formula is C62H49F2N4OPt-3. The molecule has 0 fully saturated rings. The van der Waals surface area contributed by atoms with Gasteiger partial charge in [-0.25, -0.2) is 13.8 Å². The second-order valence-electron chi connectivity index (χ2n) is 19.4. The van der Waals surface area contributed by atoms with Crippen molar-refractivity contribution in [2.75, 3.05) is 9.80 Å². The summed E-state index contributed by atoms with van der Waals surface area (Å²) in [6, 6.07) is 52.5. The van der Waals surface area contributed by atoms with E-state index in [-0.39, 0.29) is 73.6 Å². The summed E-state index contributed by atoms with van der Waals surface area (Å²) in [4.78, 5) is 8.84. The quantitative estimate of drug-likeness (QED) is 0.142. The topological polar surface area (TPSA) is 33.5 Å². The monoisotopic (exact) mass is 1100 g/mol. The number of fused-ring (bicyclic) bond motifs is 4. The van der Waals surface area contributed by atoms with Crippen LogP contribution in [0.3, 0.4) is 0 Å². The zero-order valence-electron chi connectivity index (χ0n) is 43.4. The van der Waals surface area contributed by atoms with Gasteiger partial charge in [-0.2, -0.15) is 6.07 Å². The molecule has 1 aliphatic rings. The number of benzene rings is 8. The molecule has 0 aliphatic carbocycles. The summed E-state index contributed by atoms with van der Waals surface area (Å²) in [5.74, 6) is 0.611. The third-order valence-electron chi connectivity index (χ3n) is 12.6. The maximum absolute atomic E-state index is 14.4. The fourth-order valence-electron chi connectivity index (χ4n) is 9.00. The Bertz CT molecular complexity index is 3720. The van der Waals surface area contributed by atoms with Crippen LogP contribution in [0.15, 0.2) is 182 Å². The fourth-order valence-corrected chi connectivity index (χ4v) is 9.00. The van der Waals surface area contributed by atoms with Crippen LogP contribution >= 0.6 is 0 Å². The molecule has 11 rings (SSSR count). The third-order valence-corrected chi connectivity index (χ3v) is 12.6. The Morgan fingerprint density at radius 2 is 1.17 bits per heavy atom. The van der Waals surface area contributed by atoms with Crippen LogP contribution in [0.2, 0.25) is 0 Å². The van der Waals surface area contributed by atoms with Crippen molar-refractivity contribution in [3.05, 3.63) is 224 Å². The molecule has 0 amide bonds. The van der Waals surface area contributed by atoms with Crippen molar-refractivity contribution in [2.45, 2.75) is 52.4 Å². The zero-order valence-corrected chi connectivity index (χ0v) is 41.6. The van der Waals surface area contributed by atoms with Crippen LogP contribution in [0.25, 0.3) is 61.0 Å². The molecule has 0 saturated heterocycles. The van der Waals surface area contributed by atoms with Gasteiger partial charge >= 0.3 is 0 Å². The van der Waals surface area contributed by atoms with Crippen LogP contribution in [0.4, 0.5) is 31.5 Å². The van der Waals surface area contributed by atoms with Crippen LogP contribution in [0.1, 0.15) is 58.2 Å². The predicted molar refractivity (Wildman–Crippen MR) is 278 cm³/mol. The molecule has 8 aromatic carbocycles. The number of para-hydroxylation sites is 4. The van der Waals surface area contributed by atoms with Crippen molar-refractivity contribution >= 4 is 44.6 Å². The summed E-state index contributed by atoms with van der Waals surface area (Å²) in [5, 5.41) is 1.98. The van der Waals surface area contributed by atoms with E-state index in [0.717, 1.165) is 72.5 Å². The number of anilines is 4. The van der Waals surface area contributed by atoms with Gasteiger partial charge in [0.2, 0.25) is 0 Å². The number of hydrogen-bond donors (Lipinski definition) is 0. The van der Waals surface area contributed by atoms with Crippen LogP contribution in [0, 0.1) is 30.4 Å². The molecule has 0 N–H and O–H groups in total. The van der Waals surface area contributed by atoms with E-state index in [1.54, 1.807) is 36.4 Å². The maximum atomic E-state index is 14.4. The fraction of sp³-hybridized carbons (Fsp3) is 0.129. The number of rotatable bonds is 8. The Balaban J connectivity index is 0.00000626. The Hall–Kier alpha value is -7.34. The summed E-state index contributed by atoms with van der Waals surface area (Å²) in [7, 11) is 0. The number of pyridine rings is 1. The van der Waals surface area contributed by atoms with E-state index in [2.05, 4.69) is 55.7 Å². The van der Waals surface area contributed by atoms with Crippen molar-refractivity contribution in [3.8, 4) is 50.7 Å². The van der Waals surface area contributed by atoms with E-state index in [4.69, 9.17) is 9.72 Å². The SMILES string of the molecule is [2H]c1c([2H])c(C(C)(C)C)c([2H])c([2H])c1-c1cc(Oc2[c-]c3c(cc2)c2ccccc2n3-c2cc(C(C)(C)C)ccn2)[c-]c(N2[CH-]N(c3c(-c4ccc(F)cc4)cccc3-c3ccc(F)cc3)c3ccccc32)c1.[Pt]. The molecule has 0 bridgehead atoms. The molecule has 70 heavy (non-hydrogen) atoms. The van der Waals surface area contributed by atoms with Gasteiger partial charge in [0.15, 0.2) is 0 Å². The van der Waals surface area contributed by atoms with Crippen LogP contribution < -0.4 is 14.5 Å². The minimum atomic E-state index is -0.669. The molecule has 5 nitrogen and oxygen atoms in total. The Morgan fingerprint density at radius 3 is 1.81 bits per heavy atom. The molecule has 0 atom stereocenters. The van der Waals surface area contributed by atoms with E-state index < -0.39 is 5.41 Å². The van der Waals surface area contributed by atoms with Gasteiger partial charge in [-0.1, -0.05) is 144 Å². The summed E-state index contributed by atoms with van der Waals surface area (Å²) >= 11 is 0. The molecule has 0 spiro atoms. The third kappa shape index (κ3) is 8.69. The maximum Gasteiger partial charge on any atom is 0.135 e. The first-order chi connectivity index (χ1) is 34.9. The van der Waals surface area contributed by atoms with Gasteiger partial charge in [0.1, 0.15) is 17.5 Å². The Kier molecular flexibility index (Phi) is 10.8. The molecule has 2 aromatic heterocycles. The number of hydrogen-bond acceptors (Lipinski definition) is 4. The summed E-state index contributed by atoms with van der Waals surface area (Å²) < 4.78 is 75.1. The number of ether oxygens (including phenoxy) is 1. The first kappa shape index (κ1) is 41.6. The molecule has 10 aromatic rings. The predicted octanol–water partition coefficient (Wildman–Crippen LogP) is 16.9. The van der Waals surface area contributed by atoms with Crippen molar-refractivity contribution in [1.82, 2.24) is 9.55 Å². The first-order valence-corrected chi connectivity index (χ1v) is 22.9. The second kappa shape index (κ2) is 18.2. The van der Waals surface area contributed by atoms with Crippen LogP contribution in [0.5, 0.6) is 11.5 Å². The van der Waals surface area contributed by atoms with Gasteiger partial charge in [-0.05, 0) is 98.6 Å². The molecular weight excluding hydrogens is 1050 g/mol. The largest absolute Gasteiger partial charge is 0.509 e. The smallest absolute Gasteiger partial charge is 0.135 e. The summed E-state index contributed by atoms with van der Waals surface area (Å²) in [6.45, 7) is 14.1. The zero-order chi connectivity index (χ0) is 51.1. The van der Waals surface area contributed by atoms with Crippen molar-refractivity contribution in [2.24, 2.45) is 0 Å². The minimum Gasteiger partial charge on any atom is -0.509 e. The van der Waals surface area contributed by atoms with Crippen molar-refractivity contribution < 1.29 is 40.1 Å². The van der Waals surface area contributed by atoms with Gasteiger partial charge in [-0.15, -0.1) is 53.6 Å². The van der Waals surface area contributed by atoms with Crippen LogP contribution in [-0.4, -0.2) is 9.55 Å². The van der Waals surface area contributed by atoms with Gasteiger partial charge in [0, 0.05) is 72.5 Å². The molecule has 1 aliphatic heterocycles. The standard InChI is InChI=1S/C62H49F2N4O.Pt/c1-61(2,3)44-24-18-40(19-25-44)43-34-48(37-50(35-43)69-49-30-31-54-53-12-7-8-15-55(53)68(58(54)38-49)59-36-45(32-33-65-59)62(4,5)6)66-39-67(57-17-10-9-16-56(57)66)60-51(41-20-26-46(63)27-21-41)13-11-14-52(60)42-22-28-47(64)29-23-42;/h7-36,39H,1-6H3;/q-3;/i18D,19D,24D,25D;. The Labute approximate surface area is 428 Å². The summed E-state index contributed by atoms with van der Waals surface area (Å²) in [5.41, 5.74) is 8.73.